The monoisotopic (exact) mass is 889 g/mol. The fraction of sp³-hybridized carbons (Fsp3) is 0.830. The standard InChI is InChI=1S/C47H85O13P/c1-3-5-7-9-11-13-15-17-19-20-22-23-25-27-29-31-33-35-40(48)57-37-39(38-58-61(55,56)60-47-45(53)43(51)42(50)44(52)46(47)54)59-41(49)36-34-32-30-28-26-24-21-18-16-14-12-10-8-6-4-2/h11,13,17,19,22-23,39,42-47,50-54H,3-10,12,14-16,18,20-21,24-38H2,1-2H3,(H,55,56)/t39-,42?,43-,44?,45?,46?,47?/m1/s1. The first-order chi connectivity index (χ1) is 29.4. The van der Waals surface area contributed by atoms with E-state index in [9.17, 15) is 44.6 Å². The third-order valence-electron chi connectivity index (χ3n) is 11.0. The maximum atomic E-state index is 12.8. The number of aliphatic hydroxyl groups excluding tert-OH is 5. The molecule has 0 bridgehead atoms. The zero-order chi connectivity index (χ0) is 45.0. The van der Waals surface area contributed by atoms with E-state index in [1.165, 1.54) is 83.5 Å². The minimum absolute atomic E-state index is 0.0945. The van der Waals surface area contributed by atoms with Crippen LogP contribution in [0, 0.1) is 0 Å². The van der Waals surface area contributed by atoms with Crippen LogP contribution in [0.4, 0.5) is 0 Å². The van der Waals surface area contributed by atoms with Gasteiger partial charge in [-0.3, -0.25) is 18.6 Å². The van der Waals surface area contributed by atoms with E-state index >= 15 is 0 Å². The molecule has 1 rings (SSSR count). The molecule has 1 saturated carbocycles. The van der Waals surface area contributed by atoms with E-state index in [2.05, 4.69) is 50.3 Å². The zero-order valence-corrected chi connectivity index (χ0v) is 38.6. The summed E-state index contributed by atoms with van der Waals surface area (Å²) in [4.78, 5) is 35.7. The van der Waals surface area contributed by atoms with Crippen molar-refractivity contribution in [3.63, 3.8) is 0 Å². The summed E-state index contributed by atoms with van der Waals surface area (Å²) in [6.45, 7) is 3.26. The lowest BCUT2D eigenvalue weighted by atomic mass is 9.85. The van der Waals surface area contributed by atoms with E-state index in [-0.39, 0.29) is 12.8 Å². The van der Waals surface area contributed by atoms with Gasteiger partial charge in [-0.1, -0.05) is 166 Å². The summed E-state index contributed by atoms with van der Waals surface area (Å²) in [5.41, 5.74) is 0. The first kappa shape index (κ1) is 57.1. The first-order valence-electron chi connectivity index (χ1n) is 23.8. The van der Waals surface area contributed by atoms with Gasteiger partial charge in [-0.2, -0.15) is 0 Å². The number of carbonyl (C=O) groups is 2. The lowest BCUT2D eigenvalue weighted by Crippen LogP contribution is -2.64. The lowest BCUT2D eigenvalue weighted by molar-refractivity contribution is -0.220. The molecule has 61 heavy (non-hydrogen) atoms. The quantitative estimate of drug-likeness (QED) is 0.0147. The van der Waals surface area contributed by atoms with Crippen LogP contribution in [0.3, 0.4) is 0 Å². The van der Waals surface area contributed by atoms with Crippen LogP contribution in [0.25, 0.3) is 0 Å². The summed E-state index contributed by atoms with van der Waals surface area (Å²) >= 11 is 0. The fourth-order valence-electron chi connectivity index (χ4n) is 7.12. The second-order valence-corrected chi connectivity index (χ2v) is 18.0. The van der Waals surface area contributed by atoms with Gasteiger partial charge in [0.1, 0.15) is 43.2 Å². The average Bonchev–Trinajstić information content (AvgIpc) is 3.24. The Morgan fingerprint density at radius 1 is 0.508 bits per heavy atom. The molecule has 1 fully saturated rings. The van der Waals surface area contributed by atoms with E-state index in [1.54, 1.807) is 0 Å². The maximum Gasteiger partial charge on any atom is 0.472 e. The van der Waals surface area contributed by atoms with Gasteiger partial charge >= 0.3 is 19.8 Å². The number of aliphatic hydroxyl groups is 5. The Bertz CT molecular complexity index is 1210. The first-order valence-corrected chi connectivity index (χ1v) is 25.3. The molecule has 1 aliphatic carbocycles. The molecule has 356 valence electrons. The van der Waals surface area contributed by atoms with Gasteiger partial charge in [-0.15, -0.1) is 0 Å². The second-order valence-electron chi connectivity index (χ2n) is 16.6. The van der Waals surface area contributed by atoms with Crippen LogP contribution in [0.1, 0.15) is 194 Å². The van der Waals surface area contributed by atoms with Crippen LogP contribution in [0.15, 0.2) is 36.5 Å². The van der Waals surface area contributed by atoms with Gasteiger partial charge in [0.15, 0.2) is 6.10 Å². The molecule has 0 aromatic carbocycles. The molecule has 14 heteroatoms. The third kappa shape index (κ3) is 30.0. The Labute approximate surface area is 368 Å². The molecule has 0 aromatic rings. The zero-order valence-electron chi connectivity index (χ0n) is 37.7. The van der Waals surface area contributed by atoms with Gasteiger partial charge in [-0.05, 0) is 51.4 Å². The van der Waals surface area contributed by atoms with Gasteiger partial charge in [0.25, 0.3) is 0 Å². The molecule has 0 aliphatic heterocycles. The number of carbonyl (C=O) groups excluding carboxylic acids is 2. The van der Waals surface area contributed by atoms with E-state index in [0.29, 0.717) is 12.8 Å². The largest absolute Gasteiger partial charge is 0.472 e. The van der Waals surface area contributed by atoms with Crippen molar-refractivity contribution < 1.29 is 63.1 Å². The number of esters is 2. The Morgan fingerprint density at radius 2 is 0.885 bits per heavy atom. The average molecular weight is 889 g/mol. The summed E-state index contributed by atoms with van der Waals surface area (Å²) in [6.07, 6.45) is 29.0. The Balaban J connectivity index is 2.46. The minimum Gasteiger partial charge on any atom is -0.462 e. The van der Waals surface area contributed by atoms with E-state index in [0.717, 1.165) is 70.6 Å². The number of hydrogen-bond acceptors (Lipinski definition) is 12. The van der Waals surface area contributed by atoms with Crippen LogP contribution in [-0.2, 0) is 32.7 Å². The maximum absolute atomic E-state index is 12.8. The summed E-state index contributed by atoms with van der Waals surface area (Å²) in [5.74, 6) is -1.12. The highest BCUT2D eigenvalue weighted by Crippen LogP contribution is 2.47. The van der Waals surface area contributed by atoms with Crippen molar-refractivity contribution in [1.82, 2.24) is 0 Å². The smallest absolute Gasteiger partial charge is 0.462 e. The van der Waals surface area contributed by atoms with Gasteiger partial charge in [-0.25, -0.2) is 4.57 Å². The van der Waals surface area contributed by atoms with Gasteiger partial charge in [0, 0.05) is 12.8 Å². The summed E-state index contributed by atoms with van der Waals surface area (Å²) in [6, 6.07) is 0. The topological polar surface area (TPSA) is 210 Å². The van der Waals surface area contributed by atoms with Gasteiger partial charge < -0.3 is 39.9 Å². The molecule has 6 unspecified atom stereocenters. The summed E-state index contributed by atoms with van der Waals surface area (Å²) < 4.78 is 33.5. The predicted molar refractivity (Wildman–Crippen MR) is 240 cm³/mol. The van der Waals surface area contributed by atoms with Crippen molar-refractivity contribution >= 4 is 19.8 Å². The highest BCUT2D eigenvalue weighted by atomic mass is 31.2. The highest BCUT2D eigenvalue weighted by Gasteiger charge is 2.51. The Hall–Kier alpha value is -1.93. The fourth-order valence-corrected chi connectivity index (χ4v) is 8.09. The van der Waals surface area contributed by atoms with Crippen molar-refractivity contribution in [2.45, 2.75) is 236 Å². The molecule has 0 amide bonds. The number of ether oxygens (including phenoxy) is 2. The minimum atomic E-state index is -5.12. The molecular formula is C47H85O13P. The molecule has 0 aromatic heterocycles. The van der Waals surface area contributed by atoms with Crippen molar-refractivity contribution in [1.29, 1.82) is 0 Å². The number of phosphoric acid groups is 1. The van der Waals surface area contributed by atoms with Crippen LogP contribution < -0.4 is 0 Å². The van der Waals surface area contributed by atoms with E-state index < -0.39 is 75.7 Å². The number of rotatable bonds is 39. The van der Waals surface area contributed by atoms with Crippen LogP contribution in [0.2, 0.25) is 0 Å². The number of allylic oxidation sites excluding steroid dienone is 6. The third-order valence-corrected chi connectivity index (χ3v) is 12.0. The molecule has 13 nitrogen and oxygen atoms in total. The van der Waals surface area contributed by atoms with E-state index in [1.807, 2.05) is 0 Å². The number of unbranched alkanes of at least 4 members (excludes halogenated alkanes) is 21. The Morgan fingerprint density at radius 3 is 1.38 bits per heavy atom. The van der Waals surface area contributed by atoms with Crippen molar-refractivity contribution in [3.8, 4) is 0 Å². The molecule has 8 atom stereocenters. The van der Waals surface area contributed by atoms with Crippen LogP contribution >= 0.6 is 7.82 Å². The molecule has 0 spiro atoms. The number of phosphoric ester groups is 1. The van der Waals surface area contributed by atoms with Crippen molar-refractivity contribution in [3.05, 3.63) is 36.5 Å². The molecule has 0 heterocycles. The predicted octanol–water partition coefficient (Wildman–Crippen LogP) is 9.39. The van der Waals surface area contributed by atoms with Crippen LogP contribution in [-0.4, -0.2) is 98.3 Å². The molecule has 0 radical (unpaired) electrons. The second kappa shape index (κ2) is 37.4. The molecular weight excluding hydrogens is 803 g/mol. The van der Waals surface area contributed by atoms with Crippen molar-refractivity contribution in [2.24, 2.45) is 0 Å². The highest BCUT2D eigenvalue weighted by molar-refractivity contribution is 7.47. The lowest BCUT2D eigenvalue weighted by Gasteiger charge is -2.41. The van der Waals surface area contributed by atoms with Gasteiger partial charge in [0.2, 0.25) is 0 Å². The summed E-state index contributed by atoms with van der Waals surface area (Å²) in [7, 11) is -5.12. The molecule has 6 N–H and O–H groups in total. The summed E-state index contributed by atoms with van der Waals surface area (Å²) in [5, 5.41) is 50.2. The van der Waals surface area contributed by atoms with Crippen LogP contribution in [0.5, 0.6) is 0 Å². The Kier molecular flexibility index (Phi) is 35.0. The molecule has 1 aliphatic rings. The molecule has 0 saturated heterocycles. The van der Waals surface area contributed by atoms with Gasteiger partial charge in [0.05, 0.1) is 6.61 Å². The number of hydrogen-bond donors (Lipinski definition) is 6. The van der Waals surface area contributed by atoms with E-state index in [4.69, 9.17) is 18.5 Å². The van der Waals surface area contributed by atoms with Crippen molar-refractivity contribution in [2.75, 3.05) is 13.2 Å². The SMILES string of the molecule is CCCCCC=CCC=CCC=CCCCCCCC(=O)OC[C@H](COP(=O)(O)OC1C(O)C(O)C(O)[C@@H](O)C1O)OC(=O)CCCCCCCCCCCCCCCCC. The normalized spacial score (nSPS) is 22.3.